The molecule has 1 saturated heterocycles. The van der Waals surface area contributed by atoms with Crippen LogP contribution in [0.1, 0.15) is 39.0 Å². The molecule has 1 aliphatic heterocycles. The fourth-order valence-electron chi connectivity index (χ4n) is 2.35. The predicted octanol–water partition coefficient (Wildman–Crippen LogP) is 2.59. The first-order valence-corrected chi connectivity index (χ1v) is 8.21. The lowest BCUT2D eigenvalue weighted by molar-refractivity contribution is 0.230. The maximum atomic E-state index is 3.64. The van der Waals surface area contributed by atoms with E-state index in [2.05, 4.69) is 23.4 Å². The number of hydrogen-bond acceptors (Lipinski definition) is 3. The molecule has 3 heteroatoms. The smallest absolute Gasteiger partial charge is 0.0195 e. The zero-order valence-corrected chi connectivity index (χ0v) is 11.8. The van der Waals surface area contributed by atoms with E-state index in [0.717, 1.165) is 6.04 Å². The number of nitrogens with zero attached hydrogens (tertiary/aromatic N) is 1. The van der Waals surface area contributed by atoms with Crippen molar-refractivity contribution in [3.63, 3.8) is 0 Å². The Hall–Kier alpha value is 0.270. The lowest BCUT2D eigenvalue weighted by Crippen LogP contribution is -2.43. The van der Waals surface area contributed by atoms with E-state index >= 15 is 0 Å². The normalized spacial score (nSPS) is 21.6. The number of thioether (sulfide) groups is 1. The minimum Gasteiger partial charge on any atom is -0.313 e. The Bertz CT molecular complexity index is 158. The van der Waals surface area contributed by atoms with Gasteiger partial charge in [0.25, 0.3) is 0 Å². The summed E-state index contributed by atoms with van der Waals surface area (Å²) < 4.78 is 0. The fraction of sp³-hybridized carbons (Fsp3) is 1.00. The van der Waals surface area contributed by atoms with E-state index in [1.807, 2.05) is 11.8 Å². The molecule has 0 bridgehead atoms. The highest BCUT2D eigenvalue weighted by Gasteiger charge is 2.15. The molecule has 1 rings (SSSR count). The van der Waals surface area contributed by atoms with Crippen LogP contribution in [0.4, 0.5) is 0 Å². The summed E-state index contributed by atoms with van der Waals surface area (Å²) >= 11 is 1.97. The average molecular weight is 244 g/mol. The maximum absolute atomic E-state index is 3.64. The second-order valence-corrected chi connectivity index (χ2v) is 5.73. The van der Waals surface area contributed by atoms with Gasteiger partial charge in [-0.2, -0.15) is 11.8 Å². The van der Waals surface area contributed by atoms with Crippen molar-refractivity contribution in [1.29, 1.82) is 0 Å². The average Bonchev–Trinajstić information content (AvgIpc) is 2.34. The van der Waals surface area contributed by atoms with Crippen molar-refractivity contribution in [2.24, 2.45) is 0 Å². The molecule has 0 spiro atoms. The van der Waals surface area contributed by atoms with Crippen LogP contribution in [0.2, 0.25) is 0 Å². The number of rotatable bonds is 8. The van der Waals surface area contributed by atoms with Crippen LogP contribution in [0.15, 0.2) is 0 Å². The molecule has 1 unspecified atom stereocenters. The van der Waals surface area contributed by atoms with Gasteiger partial charge in [0.1, 0.15) is 0 Å². The fourth-order valence-corrected chi connectivity index (χ4v) is 2.84. The van der Waals surface area contributed by atoms with Gasteiger partial charge in [0, 0.05) is 12.6 Å². The Kier molecular flexibility index (Phi) is 8.34. The molecule has 1 aliphatic rings. The third-order valence-electron chi connectivity index (χ3n) is 3.41. The van der Waals surface area contributed by atoms with Gasteiger partial charge in [-0.25, -0.2) is 0 Å². The molecule has 0 aliphatic carbocycles. The van der Waals surface area contributed by atoms with E-state index in [1.165, 1.54) is 64.0 Å². The monoisotopic (exact) mass is 244 g/mol. The third kappa shape index (κ3) is 6.12. The molecule has 0 amide bonds. The number of likely N-dealkylation sites (N-methyl/N-ethyl adjacent to an activating group) is 1. The van der Waals surface area contributed by atoms with Crippen LogP contribution in [0.3, 0.4) is 0 Å². The molecule has 0 aromatic carbocycles. The summed E-state index contributed by atoms with van der Waals surface area (Å²) in [6, 6.07) is 0.759. The highest BCUT2D eigenvalue weighted by molar-refractivity contribution is 7.98. The zero-order chi connectivity index (χ0) is 11.6. The minimum absolute atomic E-state index is 0.759. The predicted molar refractivity (Wildman–Crippen MR) is 75.4 cm³/mol. The third-order valence-corrected chi connectivity index (χ3v) is 4.11. The SMILES string of the molecule is CCN(CCCCSC)CC1CCCCN1. The Morgan fingerprint density at radius 2 is 2.19 bits per heavy atom. The van der Waals surface area contributed by atoms with Crippen molar-refractivity contribution < 1.29 is 0 Å². The Morgan fingerprint density at radius 3 is 2.81 bits per heavy atom. The van der Waals surface area contributed by atoms with Crippen molar-refractivity contribution in [3.8, 4) is 0 Å². The highest BCUT2D eigenvalue weighted by Crippen LogP contribution is 2.09. The quantitative estimate of drug-likeness (QED) is 0.661. The number of unbranched alkanes of at least 4 members (excludes halogenated alkanes) is 1. The maximum Gasteiger partial charge on any atom is 0.0195 e. The molecule has 0 saturated carbocycles. The lowest BCUT2D eigenvalue weighted by Gasteiger charge is -2.29. The summed E-state index contributed by atoms with van der Waals surface area (Å²) in [5.41, 5.74) is 0. The van der Waals surface area contributed by atoms with Gasteiger partial charge in [0.15, 0.2) is 0 Å². The van der Waals surface area contributed by atoms with Crippen LogP contribution >= 0.6 is 11.8 Å². The molecule has 0 radical (unpaired) electrons. The number of nitrogens with one attached hydrogen (secondary N) is 1. The van der Waals surface area contributed by atoms with Gasteiger partial charge in [0.05, 0.1) is 0 Å². The summed E-state index contributed by atoms with van der Waals surface area (Å²) in [6.07, 6.45) is 9.10. The Balaban J connectivity index is 2.09. The van der Waals surface area contributed by atoms with Crippen molar-refractivity contribution in [1.82, 2.24) is 10.2 Å². The summed E-state index contributed by atoms with van der Waals surface area (Å²) in [7, 11) is 0. The van der Waals surface area contributed by atoms with Crippen molar-refractivity contribution in [3.05, 3.63) is 0 Å². The molecule has 96 valence electrons. The van der Waals surface area contributed by atoms with E-state index in [9.17, 15) is 0 Å². The molecule has 1 N–H and O–H groups in total. The van der Waals surface area contributed by atoms with Gasteiger partial charge in [0.2, 0.25) is 0 Å². The van der Waals surface area contributed by atoms with Crippen LogP contribution in [-0.4, -0.2) is 49.1 Å². The van der Waals surface area contributed by atoms with Gasteiger partial charge < -0.3 is 10.2 Å². The van der Waals surface area contributed by atoms with Gasteiger partial charge in [-0.1, -0.05) is 13.3 Å². The number of piperidine rings is 1. The van der Waals surface area contributed by atoms with Crippen LogP contribution < -0.4 is 5.32 Å². The van der Waals surface area contributed by atoms with Gasteiger partial charge >= 0.3 is 0 Å². The lowest BCUT2D eigenvalue weighted by atomic mass is 10.0. The number of hydrogen-bond donors (Lipinski definition) is 1. The van der Waals surface area contributed by atoms with Crippen LogP contribution in [0.25, 0.3) is 0 Å². The molecular weight excluding hydrogens is 216 g/mol. The van der Waals surface area contributed by atoms with Crippen molar-refractivity contribution in [2.75, 3.05) is 38.2 Å². The standard InChI is InChI=1S/C13H28N2S/c1-3-15(10-6-7-11-16-2)12-13-8-4-5-9-14-13/h13-14H,3-12H2,1-2H3. The Morgan fingerprint density at radius 1 is 1.31 bits per heavy atom. The van der Waals surface area contributed by atoms with E-state index in [0.29, 0.717) is 0 Å². The first kappa shape index (κ1) is 14.3. The van der Waals surface area contributed by atoms with Crippen LogP contribution in [0.5, 0.6) is 0 Å². The van der Waals surface area contributed by atoms with E-state index in [1.54, 1.807) is 0 Å². The highest BCUT2D eigenvalue weighted by atomic mass is 32.2. The molecular formula is C13H28N2S. The summed E-state index contributed by atoms with van der Waals surface area (Å²) in [6.45, 7) is 7.27. The first-order chi connectivity index (χ1) is 7.86. The van der Waals surface area contributed by atoms with E-state index < -0.39 is 0 Å². The van der Waals surface area contributed by atoms with E-state index in [4.69, 9.17) is 0 Å². The summed E-state index contributed by atoms with van der Waals surface area (Å²) in [4.78, 5) is 2.61. The zero-order valence-electron chi connectivity index (χ0n) is 11.0. The second kappa shape index (κ2) is 9.32. The molecule has 0 aromatic rings. The van der Waals surface area contributed by atoms with Crippen LogP contribution in [-0.2, 0) is 0 Å². The van der Waals surface area contributed by atoms with E-state index in [-0.39, 0.29) is 0 Å². The summed E-state index contributed by atoms with van der Waals surface area (Å²) in [5.74, 6) is 1.32. The second-order valence-electron chi connectivity index (χ2n) is 4.74. The molecule has 16 heavy (non-hydrogen) atoms. The van der Waals surface area contributed by atoms with Crippen molar-refractivity contribution >= 4 is 11.8 Å². The molecule has 1 fully saturated rings. The van der Waals surface area contributed by atoms with Crippen molar-refractivity contribution in [2.45, 2.75) is 45.1 Å². The molecule has 1 heterocycles. The molecule has 0 aromatic heterocycles. The molecule has 2 nitrogen and oxygen atoms in total. The minimum atomic E-state index is 0.759. The van der Waals surface area contributed by atoms with Gasteiger partial charge in [-0.3, -0.25) is 0 Å². The topological polar surface area (TPSA) is 15.3 Å². The van der Waals surface area contributed by atoms with Gasteiger partial charge in [-0.15, -0.1) is 0 Å². The summed E-state index contributed by atoms with van der Waals surface area (Å²) in [5, 5.41) is 3.64. The molecule has 1 atom stereocenters. The Labute approximate surface area is 106 Å². The largest absolute Gasteiger partial charge is 0.313 e. The first-order valence-electron chi connectivity index (χ1n) is 6.81. The van der Waals surface area contributed by atoms with Gasteiger partial charge in [-0.05, 0) is 57.3 Å². The van der Waals surface area contributed by atoms with Crippen LogP contribution in [0, 0.1) is 0 Å².